The fourth-order valence-electron chi connectivity index (χ4n) is 2.98. The van der Waals surface area contributed by atoms with Crippen molar-refractivity contribution in [1.29, 1.82) is 0 Å². The van der Waals surface area contributed by atoms with Crippen molar-refractivity contribution < 1.29 is 14.3 Å². The first-order valence-corrected chi connectivity index (χ1v) is 9.13. The third kappa shape index (κ3) is 5.00. The van der Waals surface area contributed by atoms with E-state index in [2.05, 4.69) is 15.3 Å². The molecule has 2 heterocycles. The van der Waals surface area contributed by atoms with Gasteiger partial charge in [-0.25, -0.2) is 4.98 Å². The average Bonchev–Trinajstić information content (AvgIpc) is 3.10. The fourth-order valence-corrected chi connectivity index (χ4v) is 2.98. The maximum atomic E-state index is 11.7. The number of pyridine rings is 1. The predicted molar refractivity (Wildman–Crippen MR) is 106 cm³/mol. The summed E-state index contributed by atoms with van der Waals surface area (Å²) in [6.07, 6.45) is 5.21. The van der Waals surface area contributed by atoms with Crippen LogP contribution in [0.25, 0.3) is 10.9 Å². The monoisotopic (exact) mass is 367 g/mol. The van der Waals surface area contributed by atoms with Crippen molar-refractivity contribution in [2.75, 3.05) is 25.6 Å². The number of carbonyl (C=O) groups is 1. The number of ether oxygens (including phenoxy) is 2. The Bertz CT molecular complexity index is 877. The Kier molecular flexibility index (Phi) is 6.30. The van der Waals surface area contributed by atoms with Crippen molar-refractivity contribution in [1.82, 2.24) is 9.97 Å². The number of fused-ring (bicyclic) bond motifs is 1. The molecule has 1 atom stereocenters. The summed E-state index contributed by atoms with van der Waals surface area (Å²) in [4.78, 5) is 19.2. The van der Waals surface area contributed by atoms with E-state index in [1.807, 2.05) is 49.5 Å². The molecule has 142 valence electrons. The van der Waals surface area contributed by atoms with E-state index in [1.54, 1.807) is 6.20 Å². The molecule has 0 amide bonds. The van der Waals surface area contributed by atoms with Gasteiger partial charge in [0.25, 0.3) is 0 Å². The van der Waals surface area contributed by atoms with Gasteiger partial charge in [-0.15, -0.1) is 0 Å². The molecule has 0 aliphatic rings. The van der Waals surface area contributed by atoms with Crippen LogP contribution in [0.4, 0.5) is 5.82 Å². The van der Waals surface area contributed by atoms with Crippen LogP contribution in [-0.4, -0.2) is 36.2 Å². The quantitative estimate of drug-likeness (QED) is 0.444. The summed E-state index contributed by atoms with van der Waals surface area (Å²) < 4.78 is 10.7. The zero-order valence-corrected chi connectivity index (χ0v) is 15.7. The third-order valence-electron chi connectivity index (χ3n) is 4.43. The Morgan fingerprint density at radius 1 is 1.30 bits per heavy atom. The van der Waals surface area contributed by atoms with Gasteiger partial charge in [-0.1, -0.05) is 13.0 Å². The molecule has 0 bridgehead atoms. The molecule has 27 heavy (non-hydrogen) atoms. The molecule has 0 aliphatic heterocycles. The van der Waals surface area contributed by atoms with Gasteiger partial charge < -0.3 is 19.8 Å². The highest BCUT2D eigenvalue weighted by Crippen LogP contribution is 2.26. The lowest BCUT2D eigenvalue weighted by molar-refractivity contribution is -0.144. The Balaban J connectivity index is 1.54. The molecule has 6 heteroatoms. The number of anilines is 1. The first-order chi connectivity index (χ1) is 13.2. The van der Waals surface area contributed by atoms with Crippen LogP contribution < -0.4 is 10.1 Å². The van der Waals surface area contributed by atoms with Crippen molar-refractivity contribution in [2.45, 2.75) is 19.8 Å². The molecule has 0 saturated carbocycles. The molecular weight excluding hydrogens is 342 g/mol. The van der Waals surface area contributed by atoms with E-state index in [0.29, 0.717) is 13.0 Å². The first kappa shape index (κ1) is 18.8. The molecular formula is C21H25N3O3. The summed E-state index contributed by atoms with van der Waals surface area (Å²) in [6.45, 7) is 3.29. The number of aromatic amines is 1. The van der Waals surface area contributed by atoms with E-state index >= 15 is 0 Å². The van der Waals surface area contributed by atoms with Gasteiger partial charge >= 0.3 is 5.97 Å². The number of esters is 1. The lowest BCUT2D eigenvalue weighted by Gasteiger charge is -2.10. The van der Waals surface area contributed by atoms with E-state index < -0.39 is 0 Å². The van der Waals surface area contributed by atoms with Crippen molar-refractivity contribution >= 4 is 22.7 Å². The van der Waals surface area contributed by atoms with E-state index in [9.17, 15) is 4.79 Å². The molecule has 0 radical (unpaired) electrons. The topological polar surface area (TPSA) is 76.2 Å². The van der Waals surface area contributed by atoms with Gasteiger partial charge in [0.05, 0.1) is 19.6 Å². The van der Waals surface area contributed by atoms with Gasteiger partial charge in [0.2, 0.25) is 0 Å². The highest BCUT2D eigenvalue weighted by atomic mass is 16.5. The van der Waals surface area contributed by atoms with Gasteiger partial charge in [0.15, 0.2) is 0 Å². The molecule has 2 aromatic heterocycles. The highest BCUT2D eigenvalue weighted by Gasteiger charge is 2.16. The zero-order chi connectivity index (χ0) is 19.1. The lowest BCUT2D eigenvalue weighted by Crippen LogP contribution is -2.14. The van der Waals surface area contributed by atoms with Gasteiger partial charge in [-0.3, -0.25) is 4.79 Å². The Morgan fingerprint density at radius 2 is 2.19 bits per heavy atom. The minimum atomic E-state index is -0.197. The maximum absolute atomic E-state index is 11.7. The van der Waals surface area contributed by atoms with Crippen LogP contribution in [0.1, 0.15) is 18.9 Å². The lowest BCUT2D eigenvalue weighted by atomic mass is 10.0. The number of rotatable bonds is 9. The second-order valence-corrected chi connectivity index (χ2v) is 6.49. The molecule has 0 aliphatic carbocycles. The summed E-state index contributed by atoms with van der Waals surface area (Å²) in [7, 11) is 1.42. The second kappa shape index (κ2) is 9.07. The van der Waals surface area contributed by atoms with E-state index in [4.69, 9.17) is 9.47 Å². The molecule has 2 N–H and O–H groups in total. The van der Waals surface area contributed by atoms with E-state index in [-0.39, 0.29) is 11.9 Å². The SMILES string of the molecule is COC(=O)C(C)Cc1c[nH]c2ccc(OCCCNc3ccccn3)cc12. The minimum Gasteiger partial charge on any atom is -0.494 e. The summed E-state index contributed by atoms with van der Waals surface area (Å²) in [6, 6.07) is 11.8. The van der Waals surface area contributed by atoms with Gasteiger partial charge in [0.1, 0.15) is 11.6 Å². The molecule has 0 spiro atoms. The Hall–Kier alpha value is -3.02. The Labute approximate surface area is 158 Å². The number of H-pyrrole nitrogens is 1. The van der Waals surface area contributed by atoms with Crippen LogP contribution in [0.15, 0.2) is 48.8 Å². The predicted octanol–water partition coefficient (Wildman–Crippen LogP) is 3.80. The number of benzene rings is 1. The largest absolute Gasteiger partial charge is 0.494 e. The molecule has 1 unspecified atom stereocenters. The number of methoxy groups -OCH3 is 1. The molecule has 0 fully saturated rings. The number of nitrogens with zero attached hydrogens (tertiary/aromatic N) is 1. The van der Waals surface area contributed by atoms with Crippen LogP contribution in [0.3, 0.4) is 0 Å². The Morgan fingerprint density at radius 3 is 2.96 bits per heavy atom. The van der Waals surface area contributed by atoms with Crippen LogP contribution in [0, 0.1) is 5.92 Å². The van der Waals surface area contributed by atoms with Crippen LogP contribution in [0.5, 0.6) is 5.75 Å². The number of hydrogen-bond acceptors (Lipinski definition) is 5. The van der Waals surface area contributed by atoms with Crippen LogP contribution in [0.2, 0.25) is 0 Å². The standard InChI is InChI=1S/C21H25N3O3/c1-15(21(25)26-2)12-16-14-24-19-8-7-17(13-18(16)19)27-11-5-10-23-20-6-3-4-9-22-20/h3-4,6-9,13-15,24H,5,10-12H2,1-2H3,(H,22,23). The smallest absolute Gasteiger partial charge is 0.308 e. The zero-order valence-electron chi connectivity index (χ0n) is 15.7. The fraction of sp³-hybridized carbons (Fsp3) is 0.333. The normalized spacial score (nSPS) is 11.9. The molecule has 1 aromatic carbocycles. The number of nitrogens with one attached hydrogen (secondary N) is 2. The summed E-state index contributed by atoms with van der Waals surface area (Å²) >= 11 is 0. The van der Waals surface area contributed by atoms with E-state index in [0.717, 1.165) is 41.0 Å². The van der Waals surface area contributed by atoms with Crippen molar-refractivity contribution in [2.24, 2.45) is 5.92 Å². The molecule has 3 rings (SSSR count). The van der Waals surface area contributed by atoms with Gasteiger partial charge in [-0.05, 0) is 48.7 Å². The molecule has 3 aromatic rings. The highest BCUT2D eigenvalue weighted by molar-refractivity contribution is 5.85. The number of hydrogen-bond donors (Lipinski definition) is 2. The van der Waals surface area contributed by atoms with Gasteiger partial charge in [0, 0.05) is 29.8 Å². The van der Waals surface area contributed by atoms with Gasteiger partial charge in [-0.2, -0.15) is 0 Å². The number of carbonyl (C=O) groups excluding carboxylic acids is 1. The van der Waals surface area contributed by atoms with Crippen molar-refractivity contribution in [3.05, 3.63) is 54.4 Å². The number of aromatic nitrogens is 2. The molecule has 6 nitrogen and oxygen atoms in total. The summed E-state index contributed by atoms with van der Waals surface area (Å²) in [5.41, 5.74) is 2.12. The third-order valence-corrected chi connectivity index (χ3v) is 4.43. The minimum absolute atomic E-state index is 0.184. The molecule has 0 saturated heterocycles. The summed E-state index contributed by atoms with van der Waals surface area (Å²) in [5.74, 6) is 1.32. The maximum Gasteiger partial charge on any atom is 0.308 e. The van der Waals surface area contributed by atoms with Crippen molar-refractivity contribution in [3.63, 3.8) is 0 Å². The van der Waals surface area contributed by atoms with Crippen molar-refractivity contribution in [3.8, 4) is 5.75 Å². The van der Waals surface area contributed by atoms with Crippen LogP contribution in [-0.2, 0) is 16.0 Å². The average molecular weight is 367 g/mol. The van der Waals surface area contributed by atoms with Crippen LogP contribution >= 0.6 is 0 Å². The second-order valence-electron chi connectivity index (χ2n) is 6.49. The summed E-state index contributed by atoms with van der Waals surface area (Å²) in [5, 5.41) is 4.34. The van der Waals surface area contributed by atoms with E-state index in [1.165, 1.54) is 7.11 Å². The first-order valence-electron chi connectivity index (χ1n) is 9.13.